The molecule has 0 saturated carbocycles. The van der Waals surface area contributed by atoms with Gasteiger partial charge in [0.1, 0.15) is 0 Å². The van der Waals surface area contributed by atoms with Crippen molar-refractivity contribution in [3.8, 4) is 12.0 Å². The Morgan fingerprint density at radius 2 is 2.60 bits per heavy atom. The molecule has 1 nitrogen and oxygen atoms in total. The first-order chi connectivity index (χ1) is 2.50. The summed E-state index contributed by atoms with van der Waals surface area (Å²) in [4.78, 5) is 0. The number of hydrogen-bond donors (Lipinski definition) is 1. The molecule has 1 aliphatic heterocycles. The Morgan fingerprint density at radius 3 is 2.80 bits per heavy atom. The lowest BCUT2D eigenvalue weighted by molar-refractivity contribution is 0.931. The van der Waals surface area contributed by atoms with Gasteiger partial charge < -0.3 is 5.32 Å². The summed E-state index contributed by atoms with van der Waals surface area (Å²) >= 11 is 0. The normalized spacial score (nSPS) is 16.0. The smallest absolute Gasteiger partial charge is 0.0340 e. The van der Waals surface area contributed by atoms with Crippen molar-refractivity contribution in [2.75, 3.05) is 6.54 Å². The molecule has 1 aliphatic rings. The molecule has 1 heterocycles. The molecule has 0 amide bonds. The van der Waals surface area contributed by atoms with Gasteiger partial charge in [-0.05, 0) is 0 Å². The Bertz CT molecular complexity index is 67.4. The van der Waals surface area contributed by atoms with Gasteiger partial charge in [-0.2, -0.15) is 0 Å². The van der Waals surface area contributed by atoms with E-state index in [2.05, 4.69) is 17.3 Å². The Balaban J connectivity index is 2.42. The molecule has 1 heteroatoms. The molecule has 0 aromatic heterocycles. The standard InChI is InChI=1S/C4H5N/c1-2-4-5-3-1/h5H,1,3H2. The van der Waals surface area contributed by atoms with Gasteiger partial charge in [-0.15, -0.1) is 0 Å². The first kappa shape index (κ1) is 2.59. The van der Waals surface area contributed by atoms with Crippen LogP contribution in [0.3, 0.4) is 0 Å². The lowest BCUT2D eigenvalue weighted by Crippen LogP contribution is -1.98. The van der Waals surface area contributed by atoms with Gasteiger partial charge in [0.15, 0.2) is 0 Å². The molecule has 0 unspecified atom stereocenters. The van der Waals surface area contributed by atoms with Crippen molar-refractivity contribution in [1.82, 2.24) is 5.32 Å². The van der Waals surface area contributed by atoms with E-state index in [1.54, 1.807) is 0 Å². The topological polar surface area (TPSA) is 12.0 Å². The van der Waals surface area contributed by atoms with Gasteiger partial charge >= 0.3 is 0 Å². The predicted molar refractivity (Wildman–Crippen MR) is 20.4 cm³/mol. The zero-order valence-corrected chi connectivity index (χ0v) is 2.91. The Labute approximate surface area is 31.4 Å². The summed E-state index contributed by atoms with van der Waals surface area (Å²) < 4.78 is 0. The fourth-order valence-electron chi connectivity index (χ4n) is 0.312. The molecule has 26 valence electrons. The van der Waals surface area contributed by atoms with Gasteiger partial charge in [0, 0.05) is 19.0 Å². The van der Waals surface area contributed by atoms with Crippen LogP contribution < -0.4 is 5.32 Å². The van der Waals surface area contributed by atoms with E-state index < -0.39 is 0 Å². The van der Waals surface area contributed by atoms with E-state index >= 15 is 0 Å². The molecule has 0 spiro atoms. The van der Waals surface area contributed by atoms with Crippen molar-refractivity contribution in [3.63, 3.8) is 0 Å². The van der Waals surface area contributed by atoms with E-state index in [1.165, 1.54) is 0 Å². The van der Waals surface area contributed by atoms with Crippen molar-refractivity contribution in [1.29, 1.82) is 0 Å². The van der Waals surface area contributed by atoms with Gasteiger partial charge in [-0.25, -0.2) is 0 Å². The monoisotopic (exact) mass is 67.0 g/mol. The molecule has 0 fully saturated rings. The van der Waals surface area contributed by atoms with Crippen LogP contribution in [0.2, 0.25) is 0 Å². The van der Waals surface area contributed by atoms with E-state index in [1.807, 2.05) is 0 Å². The van der Waals surface area contributed by atoms with Crippen molar-refractivity contribution >= 4 is 0 Å². The maximum Gasteiger partial charge on any atom is 0.0340 e. The number of nitrogens with one attached hydrogen (secondary N) is 1. The molecule has 1 N–H and O–H groups in total. The molecule has 0 aliphatic carbocycles. The first-order valence-corrected chi connectivity index (χ1v) is 1.71. The van der Waals surface area contributed by atoms with Crippen molar-refractivity contribution < 1.29 is 0 Å². The zero-order valence-electron chi connectivity index (χ0n) is 2.91. The summed E-state index contributed by atoms with van der Waals surface area (Å²) in [6.07, 6.45) is 1.03. The largest absolute Gasteiger partial charge is 0.345 e. The van der Waals surface area contributed by atoms with E-state index in [0.29, 0.717) is 0 Å². The minimum absolute atomic E-state index is 1.03. The molecule has 0 bridgehead atoms. The minimum atomic E-state index is 1.03. The summed E-state index contributed by atoms with van der Waals surface area (Å²) in [7, 11) is 0. The summed E-state index contributed by atoms with van der Waals surface area (Å²) in [5.74, 6) is 2.86. The molecule has 0 atom stereocenters. The molecular weight excluding hydrogens is 62.1 g/mol. The number of rotatable bonds is 0. The summed E-state index contributed by atoms with van der Waals surface area (Å²) in [5.41, 5.74) is 0. The lowest BCUT2D eigenvalue weighted by Gasteiger charge is -1.75. The van der Waals surface area contributed by atoms with Crippen LogP contribution >= 0.6 is 0 Å². The van der Waals surface area contributed by atoms with Crippen LogP contribution in [0, 0.1) is 12.0 Å². The second-order valence-electron chi connectivity index (χ2n) is 0.979. The van der Waals surface area contributed by atoms with Crippen molar-refractivity contribution in [2.45, 2.75) is 6.42 Å². The highest BCUT2D eigenvalue weighted by Gasteiger charge is 1.80. The van der Waals surface area contributed by atoms with E-state index in [-0.39, 0.29) is 0 Å². The first-order valence-electron chi connectivity index (χ1n) is 1.71. The molecule has 0 aromatic carbocycles. The third-order valence-corrected chi connectivity index (χ3v) is 0.552. The lowest BCUT2D eigenvalue weighted by atomic mass is 10.5. The third-order valence-electron chi connectivity index (χ3n) is 0.552. The van der Waals surface area contributed by atoms with E-state index in [9.17, 15) is 0 Å². The van der Waals surface area contributed by atoms with Crippen LogP contribution in [0.25, 0.3) is 0 Å². The Morgan fingerprint density at radius 1 is 1.60 bits per heavy atom. The second kappa shape index (κ2) is 0.984. The van der Waals surface area contributed by atoms with Crippen LogP contribution in [0.15, 0.2) is 0 Å². The van der Waals surface area contributed by atoms with E-state index in [0.717, 1.165) is 13.0 Å². The van der Waals surface area contributed by atoms with Crippen LogP contribution in [0.4, 0.5) is 0 Å². The second-order valence-corrected chi connectivity index (χ2v) is 0.979. The summed E-state index contributed by atoms with van der Waals surface area (Å²) in [6.45, 7) is 1.03. The van der Waals surface area contributed by atoms with Crippen LogP contribution in [0.1, 0.15) is 6.42 Å². The van der Waals surface area contributed by atoms with Crippen LogP contribution in [-0.4, -0.2) is 6.54 Å². The highest BCUT2D eigenvalue weighted by Crippen LogP contribution is 1.73. The fourth-order valence-corrected chi connectivity index (χ4v) is 0.312. The minimum Gasteiger partial charge on any atom is -0.345 e. The highest BCUT2D eigenvalue weighted by molar-refractivity contribution is 5.03. The van der Waals surface area contributed by atoms with Gasteiger partial charge in [0.25, 0.3) is 0 Å². The fraction of sp³-hybridized carbons (Fsp3) is 0.500. The third kappa shape index (κ3) is 0.327. The maximum atomic E-state index is 2.86. The van der Waals surface area contributed by atoms with Crippen LogP contribution in [0.5, 0.6) is 0 Å². The quantitative estimate of drug-likeness (QED) is 0.391. The molecule has 5 heavy (non-hydrogen) atoms. The highest BCUT2D eigenvalue weighted by atomic mass is 14.8. The molecule has 0 aromatic rings. The summed E-state index contributed by atoms with van der Waals surface area (Å²) in [5, 5.41) is 2.86. The van der Waals surface area contributed by atoms with Gasteiger partial charge in [0.2, 0.25) is 0 Å². The molecule has 1 rings (SSSR count). The van der Waals surface area contributed by atoms with Gasteiger partial charge in [-0.1, -0.05) is 5.92 Å². The van der Waals surface area contributed by atoms with E-state index in [4.69, 9.17) is 0 Å². The number of hydrogen-bond acceptors (Lipinski definition) is 1. The van der Waals surface area contributed by atoms with Crippen molar-refractivity contribution in [3.05, 3.63) is 0 Å². The average Bonchev–Trinajstić information content (AvgIpc) is 1.76. The van der Waals surface area contributed by atoms with Crippen molar-refractivity contribution in [2.24, 2.45) is 0 Å². The average molecular weight is 67.1 g/mol. The maximum absolute atomic E-state index is 2.86. The Hall–Kier alpha value is -0.640. The molecular formula is C4H5N. The molecule has 0 radical (unpaired) electrons. The zero-order chi connectivity index (χ0) is 3.54. The van der Waals surface area contributed by atoms with Gasteiger partial charge in [0.05, 0.1) is 0 Å². The SMILES string of the molecule is C1#CNCC1. The summed E-state index contributed by atoms with van der Waals surface area (Å²) in [6, 6.07) is 2.72. The Kier molecular flexibility index (Phi) is 0.510. The molecule has 0 saturated heterocycles. The van der Waals surface area contributed by atoms with Gasteiger partial charge in [-0.3, -0.25) is 0 Å². The van der Waals surface area contributed by atoms with Crippen LogP contribution in [-0.2, 0) is 0 Å². The predicted octanol–water partition coefficient (Wildman–Crippen LogP) is -0.0594.